The maximum absolute atomic E-state index is 13.8. The summed E-state index contributed by atoms with van der Waals surface area (Å²) < 4.78 is 30.4. The molecule has 1 aromatic carbocycles. The van der Waals surface area contributed by atoms with Crippen LogP contribution in [0.15, 0.2) is 24.3 Å². The van der Waals surface area contributed by atoms with Gasteiger partial charge in [-0.15, -0.1) is 0 Å². The van der Waals surface area contributed by atoms with Gasteiger partial charge in [0.1, 0.15) is 54.1 Å². The highest BCUT2D eigenvalue weighted by Crippen LogP contribution is 2.29. The van der Waals surface area contributed by atoms with E-state index in [9.17, 15) is 29.6 Å². The van der Waals surface area contributed by atoms with Crippen molar-refractivity contribution in [2.24, 2.45) is 5.92 Å². The van der Waals surface area contributed by atoms with E-state index in [1.165, 1.54) is 13.8 Å². The fourth-order valence-corrected chi connectivity index (χ4v) is 4.21. The Bertz CT molecular complexity index is 788. The molecule has 6 unspecified atom stereocenters. The lowest BCUT2D eigenvalue weighted by Gasteiger charge is -2.44. The van der Waals surface area contributed by atoms with Gasteiger partial charge in [-0.05, 0) is 65.0 Å². The Morgan fingerprint density at radius 1 is 1.12 bits per heavy atom. The Labute approximate surface area is 200 Å². The molecule has 0 radical (unpaired) electrons. The molecule has 6 atom stereocenters. The molecule has 1 saturated heterocycles. The van der Waals surface area contributed by atoms with E-state index < -0.39 is 54.4 Å². The Kier molecular flexibility index (Phi) is 9.85. The summed E-state index contributed by atoms with van der Waals surface area (Å²) in [5.74, 6) is -0.174. The minimum Gasteiger partial charge on any atom is -0.493 e. The number of alkyl halides is 1. The van der Waals surface area contributed by atoms with Crippen LogP contribution < -0.4 is 4.74 Å². The van der Waals surface area contributed by atoms with Crippen LogP contribution in [0.4, 0.5) is 4.39 Å². The van der Waals surface area contributed by atoms with Crippen LogP contribution in [0, 0.1) is 5.92 Å². The van der Waals surface area contributed by atoms with E-state index in [1.807, 2.05) is 6.92 Å². The largest absolute Gasteiger partial charge is 0.493 e. The molecule has 194 valence electrons. The zero-order chi connectivity index (χ0) is 25.7. The predicted molar refractivity (Wildman–Crippen MR) is 123 cm³/mol. The quantitative estimate of drug-likeness (QED) is 0.278. The summed E-state index contributed by atoms with van der Waals surface area (Å²) in [5, 5.41) is 40.7. The van der Waals surface area contributed by atoms with Crippen molar-refractivity contribution in [1.29, 1.82) is 0 Å². The highest BCUT2D eigenvalue weighted by molar-refractivity contribution is 5.92. The number of aliphatic hydroxyl groups is 4. The van der Waals surface area contributed by atoms with Gasteiger partial charge in [0.05, 0.1) is 12.2 Å². The predicted octanol–water partition coefficient (Wildman–Crippen LogP) is 2.40. The first-order valence-electron chi connectivity index (χ1n) is 11.7. The molecule has 0 aromatic heterocycles. The second-order valence-electron chi connectivity index (χ2n) is 10.3. The van der Waals surface area contributed by atoms with Gasteiger partial charge in [0.2, 0.25) is 0 Å². The first-order chi connectivity index (χ1) is 15.7. The summed E-state index contributed by atoms with van der Waals surface area (Å²) in [7, 11) is 0. The van der Waals surface area contributed by atoms with Gasteiger partial charge in [0, 0.05) is 0 Å². The van der Waals surface area contributed by atoms with E-state index in [-0.39, 0.29) is 11.5 Å². The van der Waals surface area contributed by atoms with E-state index >= 15 is 0 Å². The standard InChI is InChI=1S/C25H39FO8/c1-15(13-24(2,3)26)9-8-12-32-17-11-7-6-10-16(17)23(30)33-14-18-19(27)20(28)21(29)22(34-18)25(4,5)31/h6-7,10-11,15,18-22,27-29,31H,8-9,12-14H2,1-5H3. The third-order valence-electron chi connectivity index (χ3n) is 5.83. The number of rotatable bonds is 11. The van der Waals surface area contributed by atoms with Crippen molar-refractivity contribution in [3.8, 4) is 5.75 Å². The highest BCUT2D eigenvalue weighted by atomic mass is 19.1. The molecular weight excluding hydrogens is 447 g/mol. The summed E-state index contributed by atoms with van der Waals surface area (Å²) in [5.41, 5.74) is -2.53. The van der Waals surface area contributed by atoms with Crippen LogP contribution in [-0.2, 0) is 9.47 Å². The lowest BCUT2D eigenvalue weighted by Crippen LogP contribution is -2.64. The minimum atomic E-state index is -1.57. The number of carbonyl (C=O) groups is 1. The molecule has 0 amide bonds. The smallest absolute Gasteiger partial charge is 0.342 e. The Morgan fingerprint density at radius 3 is 2.38 bits per heavy atom. The Balaban J connectivity index is 1.93. The highest BCUT2D eigenvalue weighted by Gasteiger charge is 2.49. The van der Waals surface area contributed by atoms with E-state index in [1.54, 1.807) is 38.1 Å². The van der Waals surface area contributed by atoms with E-state index in [4.69, 9.17) is 14.2 Å². The third-order valence-corrected chi connectivity index (χ3v) is 5.83. The maximum Gasteiger partial charge on any atom is 0.342 e. The van der Waals surface area contributed by atoms with Gasteiger partial charge >= 0.3 is 5.97 Å². The Hall–Kier alpha value is -1.78. The van der Waals surface area contributed by atoms with Gasteiger partial charge in [0.15, 0.2) is 0 Å². The van der Waals surface area contributed by atoms with Gasteiger partial charge in [-0.25, -0.2) is 9.18 Å². The van der Waals surface area contributed by atoms with Crippen molar-refractivity contribution in [3.05, 3.63) is 29.8 Å². The molecule has 1 aromatic rings. The molecule has 4 N–H and O–H groups in total. The second kappa shape index (κ2) is 11.8. The second-order valence-corrected chi connectivity index (χ2v) is 10.3. The molecule has 2 rings (SSSR count). The SMILES string of the molecule is CC(CCCOc1ccccc1C(=O)OCC1OC(C(C)(C)O)C(O)C(O)C1O)CC(C)(C)F. The average molecular weight is 487 g/mol. The lowest BCUT2D eigenvalue weighted by molar-refractivity contribution is -0.263. The Morgan fingerprint density at radius 2 is 1.76 bits per heavy atom. The molecule has 0 spiro atoms. The average Bonchev–Trinajstić information content (AvgIpc) is 2.72. The number of aliphatic hydroxyl groups excluding tert-OH is 3. The van der Waals surface area contributed by atoms with Crippen molar-refractivity contribution in [2.45, 2.75) is 95.7 Å². The van der Waals surface area contributed by atoms with E-state index in [2.05, 4.69) is 0 Å². The number of ether oxygens (including phenoxy) is 3. The van der Waals surface area contributed by atoms with Crippen molar-refractivity contribution in [1.82, 2.24) is 0 Å². The first-order valence-corrected chi connectivity index (χ1v) is 11.7. The van der Waals surface area contributed by atoms with Crippen LogP contribution in [0.1, 0.15) is 64.2 Å². The van der Waals surface area contributed by atoms with Crippen LogP contribution in [0.3, 0.4) is 0 Å². The topological polar surface area (TPSA) is 126 Å². The summed E-state index contributed by atoms with van der Waals surface area (Å²) >= 11 is 0. The third kappa shape index (κ3) is 8.16. The number of benzene rings is 1. The molecule has 0 bridgehead atoms. The number of esters is 1. The number of hydrogen-bond donors (Lipinski definition) is 4. The fraction of sp³-hybridized carbons (Fsp3) is 0.720. The van der Waals surface area contributed by atoms with Crippen molar-refractivity contribution < 1.29 is 43.8 Å². The summed E-state index contributed by atoms with van der Waals surface area (Å²) in [6, 6.07) is 6.56. The zero-order valence-electron chi connectivity index (χ0n) is 20.6. The molecule has 8 nitrogen and oxygen atoms in total. The van der Waals surface area contributed by atoms with Crippen LogP contribution >= 0.6 is 0 Å². The summed E-state index contributed by atoms with van der Waals surface area (Å²) in [4.78, 5) is 12.7. The molecule has 0 aliphatic carbocycles. The molecule has 1 aliphatic heterocycles. The monoisotopic (exact) mass is 486 g/mol. The van der Waals surface area contributed by atoms with Crippen LogP contribution in [-0.4, -0.2) is 81.4 Å². The van der Waals surface area contributed by atoms with Gasteiger partial charge in [-0.1, -0.05) is 19.1 Å². The molecule has 9 heteroatoms. The number of hydrogen-bond acceptors (Lipinski definition) is 8. The molecule has 0 saturated carbocycles. The van der Waals surface area contributed by atoms with Crippen molar-refractivity contribution in [3.63, 3.8) is 0 Å². The number of halogens is 1. The molecular formula is C25H39FO8. The van der Waals surface area contributed by atoms with Gasteiger partial charge in [0.25, 0.3) is 0 Å². The van der Waals surface area contributed by atoms with Crippen LogP contribution in [0.5, 0.6) is 5.75 Å². The van der Waals surface area contributed by atoms with Crippen LogP contribution in [0.2, 0.25) is 0 Å². The number of carbonyl (C=O) groups excluding carboxylic acids is 1. The summed E-state index contributed by atoms with van der Waals surface area (Å²) in [6.45, 7) is 7.87. The minimum absolute atomic E-state index is 0.186. The zero-order valence-corrected chi connectivity index (χ0v) is 20.6. The summed E-state index contributed by atoms with van der Waals surface area (Å²) in [6.07, 6.45) is -4.97. The fourth-order valence-electron chi connectivity index (χ4n) is 4.21. The van der Waals surface area contributed by atoms with Gasteiger partial charge in [-0.2, -0.15) is 0 Å². The van der Waals surface area contributed by atoms with Gasteiger partial charge < -0.3 is 34.6 Å². The van der Waals surface area contributed by atoms with Gasteiger partial charge in [-0.3, -0.25) is 0 Å². The van der Waals surface area contributed by atoms with E-state index in [0.29, 0.717) is 25.2 Å². The van der Waals surface area contributed by atoms with Crippen LogP contribution in [0.25, 0.3) is 0 Å². The van der Waals surface area contributed by atoms with E-state index in [0.717, 1.165) is 6.42 Å². The molecule has 1 aliphatic rings. The maximum atomic E-state index is 13.8. The van der Waals surface area contributed by atoms with Crippen molar-refractivity contribution in [2.75, 3.05) is 13.2 Å². The number of para-hydroxylation sites is 1. The lowest BCUT2D eigenvalue weighted by atomic mass is 9.87. The first kappa shape index (κ1) is 28.5. The molecule has 1 heterocycles. The molecule has 34 heavy (non-hydrogen) atoms. The molecule has 1 fully saturated rings. The van der Waals surface area contributed by atoms with Crippen molar-refractivity contribution >= 4 is 5.97 Å². The normalized spacial score (nSPS) is 26.7.